The molecule has 0 saturated heterocycles. The Labute approximate surface area is 102 Å². The summed E-state index contributed by atoms with van der Waals surface area (Å²) < 4.78 is 5.54. The maximum Gasteiger partial charge on any atom is 0.223 e. The molecule has 0 aliphatic rings. The van der Waals surface area contributed by atoms with Crippen LogP contribution in [0.4, 0.5) is 0 Å². The van der Waals surface area contributed by atoms with Gasteiger partial charge >= 0.3 is 0 Å². The van der Waals surface area contributed by atoms with E-state index in [0.29, 0.717) is 6.61 Å². The molecule has 17 heavy (non-hydrogen) atoms. The van der Waals surface area contributed by atoms with Gasteiger partial charge in [0.15, 0.2) is 0 Å². The standard InChI is InChI=1S/C13H20N2O2/c1-9(13(14)16)8-17-12-6-4-5-11(7-12)10(2)15-3/h4-7,9-10,15H,8H2,1-3H3,(H2,14,16). The molecule has 1 amide bonds. The maximum atomic E-state index is 10.9. The highest BCUT2D eigenvalue weighted by Gasteiger charge is 2.10. The lowest BCUT2D eigenvalue weighted by atomic mass is 10.1. The fourth-order valence-electron chi connectivity index (χ4n) is 1.34. The molecule has 0 aliphatic carbocycles. The number of hydrogen-bond donors (Lipinski definition) is 2. The number of amides is 1. The molecule has 2 atom stereocenters. The van der Waals surface area contributed by atoms with Gasteiger partial charge in [0.1, 0.15) is 5.75 Å². The second-order valence-corrected chi connectivity index (χ2v) is 4.20. The Bertz CT molecular complexity index is 379. The van der Waals surface area contributed by atoms with Gasteiger partial charge in [0.2, 0.25) is 5.91 Å². The second kappa shape index (κ2) is 6.25. The number of carbonyl (C=O) groups is 1. The van der Waals surface area contributed by atoms with Crippen LogP contribution in [0, 0.1) is 5.92 Å². The summed E-state index contributed by atoms with van der Waals surface area (Å²) in [5.41, 5.74) is 6.32. The van der Waals surface area contributed by atoms with Crippen molar-refractivity contribution in [1.82, 2.24) is 5.32 Å². The van der Waals surface area contributed by atoms with Crippen molar-refractivity contribution in [2.24, 2.45) is 11.7 Å². The quantitative estimate of drug-likeness (QED) is 0.786. The fraction of sp³-hybridized carbons (Fsp3) is 0.462. The molecule has 0 radical (unpaired) electrons. The summed E-state index contributed by atoms with van der Waals surface area (Å²) in [7, 11) is 1.91. The molecule has 0 aromatic heterocycles. The predicted octanol–water partition coefficient (Wildman–Crippen LogP) is 1.47. The molecule has 0 fully saturated rings. The van der Waals surface area contributed by atoms with Crippen LogP contribution in [-0.2, 0) is 4.79 Å². The molecule has 0 bridgehead atoms. The highest BCUT2D eigenvalue weighted by Crippen LogP contribution is 2.19. The number of nitrogens with two attached hydrogens (primary N) is 1. The second-order valence-electron chi connectivity index (χ2n) is 4.20. The molecule has 4 heteroatoms. The summed E-state index contributed by atoms with van der Waals surface area (Å²) in [5.74, 6) is 0.142. The topological polar surface area (TPSA) is 64.3 Å². The van der Waals surface area contributed by atoms with Crippen LogP contribution >= 0.6 is 0 Å². The Hall–Kier alpha value is -1.55. The number of hydrogen-bond acceptors (Lipinski definition) is 3. The summed E-state index contributed by atoms with van der Waals surface area (Å²) in [6.45, 7) is 4.14. The van der Waals surface area contributed by atoms with E-state index in [-0.39, 0.29) is 17.9 Å². The molecule has 0 saturated carbocycles. The third-order valence-corrected chi connectivity index (χ3v) is 2.78. The van der Waals surface area contributed by atoms with Crippen LogP contribution in [0.2, 0.25) is 0 Å². The first kappa shape index (κ1) is 13.5. The van der Waals surface area contributed by atoms with Gasteiger partial charge in [-0.15, -0.1) is 0 Å². The van der Waals surface area contributed by atoms with Gasteiger partial charge in [0.05, 0.1) is 12.5 Å². The molecule has 2 unspecified atom stereocenters. The zero-order valence-corrected chi connectivity index (χ0v) is 10.6. The fourth-order valence-corrected chi connectivity index (χ4v) is 1.34. The zero-order valence-electron chi connectivity index (χ0n) is 10.6. The van der Waals surface area contributed by atoms with Crippen molar-refractivity contribution in [3.63, 3.8) is 0 Å². The number of primary amides is 1. The third kappa shape index (κ3) is 4.07. The van der Waals surface area contributed by atoms with E-state index in [2.05, 4.69) is 12.2 Å². The number of ether oxygens (including phenoxy) is 1. The van der Waals surface area contributed by atoms with Crippen molar-refractivity contribution in [2.45, 2.75) is 19.9 Å². The SMILES string of the molecule is CNC(C)c1cccc(OCC(C)C(N)=O)c1. The van der Waals surface area contributed by atoms with Gasteiger partial charge in [-0.2, -0.15) is 0 Å². The average molecular weight is 236 g/mol. The minimum absolute atomic E-state index is 0.270. The molecule has 1 aromatic carbocycles. The van der Waals surface area contributed by atoms with Crippen LogP contribution < -0.4 is 15.8 Å². The summed E-state index contributed by atoms with van der Waals surface area (Å²) in [6.07, 6.45) is 0. The monoisotopic (exact) mass is 236 g/mol. The zero-order chi connectivity index (χ0) is 12.8. The normalized spacial score (nSPS) is 14.1. The van der Waals surface area contributed by atoms with Crippen molar-refractivity contribution >= 4 is 5.91 Å². The molecular weight excluding hydrogens is 216 g/mol. The summed E-state index contributed by atoms with van der Waals surface area (Å²) in [6, 6.07) is 8.08. The minimum atomic E-state index is -0.343. The van der Waals surface area contributed by atoms with E-state index in [9.17, 15) is 4.79 Å². The van der Waals surface area contributed by atoms with Crippen molar-refractivity contribution in [3.05, 3.63) is 29.8 Å². The lowest BCUT2D eigenvalue weighted by molar-refractivity contribution is -0.122. The Morgan fingerprint density at radius 2 is 2.18 bits per heavy atom. The van der Waals surface area contributed by atoms with Crippen LogP contribution in [0.5, 0.6) is 5.75 Å². The van der Waals surface area contributed by atoms with E-state index in [1.54, 1.807) is 6.92 Å². The van der Waals surface area contributed by atoms with E-state index in [1.165, 1.54) is 0 Å². The van der Waals surface area contributed by atoms with E-state index in [0.717, 1.165) is 11.3 Å². The lowest BCUT2D eigenvalue weighted by Gasteiger charge is -2.14. The Balaban J connectivity index is 2.63. The summed E-state index contributed by atoms with van der Waals surface area (Å²) >= 11 is 0. The lowest BCUT2D eigenvalue weighted by Crippen LogP contribution is -2.25. The Morgan fingerprint density at radius 3 is 2.76 bits per heavy atom. The average Bonchev–Trinajstić information content (AvgIpc) is 2.35. The Morgan fingerprint density at radius 1 is 1.47 bits per heavy atom. The molecule has 3 N–H and O–H groups in total. The van der Waals surface area contributed by atoms with Gasteiger partial charge in [-0.05, 0) is 31.7 Å². The van der Waals surface area contributed by atoms with E-state index < -0.39 is 0 Å². The first-order valence-corrected chi connectivity index (χ1v) is 5.74. The van der Waals surface area contributed by atoms with E-state index in [4.69, 9.17) is 10.5 Å². The smallest absolute Gasteiger partial charge is 0.223 e. The first-order valence-electron chi connectivity index (χ1n) is 5.74. The molecule has 1 aromatic rings. The number of benzene rings is 1. The van der Waals surface area contributed by atoms with Gasteiger partial charge in [-0.25, -0.2) is 0 Å². The van der Waals surface area contributed by atoms with Gasteiger partial charge < -0.3 is 15.8 Å². The van der Waals surface area contributed by atoms with Gasteiger partial charge in [-0.1, -0.05) is 19.1 Å². The van der Waals surface area contributed by atoms with Crippen molar-refractivity contribution in [1.29, 1.82) is 0 Å². The molecule has 4 nitrogen and oxygen atoms in total. The largest absolute Gasteiger partial charge is 0.493 e. The molecule has 0 spiro atoms. The number of carbonyl (C=O) groups excluding carboxylic acids is 1. The van der Waals surface area contributed by atoms with E-state index >= 15 is 0 Å². The molecule has 94 valence electrons. The van der Waals surface area contributed by atoms with Crippen molar-refractivity contribution in [2.75, 3.05) is 13.7 Å². The van der Waals surface area contributed by atoms with Crippen LogP contribution in [0.1, 0.15) is 25.5 Å². The molecular formula is C13H20N2O2. The summed E-state index contributed by atoms with van der Waals surface area (Å²) in [5, 5.41) is 3.16. The number of nitrogens with one attached hydrogen (secondary N) is 1. The first-order chi connectivity index (χ1) is 8.04. The minimum Gasteiger partial charge on any atom is -0.493 e. The molecule has 0 aliphatic heterocycles. The van der Waals surface area contributed by atoms with Crippen molar-refractivity contribution in [3.8, 4) is 5.75 Å². The third-order valence-electron chi connectivity index (χ3n) is 2.78. The van der Waals surface area contributed by atoms with E-state index in [1.807, 2.05) is 31.3 Å². The maximum absolute atomic E-state index is 10.9. The Kier molecular flexibility index (Phi) is 4.97. The number of rotatable bonds is 6. The molecule has 1 rings (SSSR count). The van der Waals surface area contributed by atoms with Gasteiger partial charge in [0.25, 0.3) is 0 Å². The van der Waals surface area contributed by atoms with Crippen LogP contribution in [0.15, 0.2) is 24.3 Å². The summed E-state index contributed by atoms with van der Waals surface area (Å²) in [4.78, 5) is 10.9. The molecule has 0 heterocycles. The van der Waals surface area contributed by atoms with Gasteiger partial charge in [0, 0.05) is 6.04 Å². The van der Waals surface area contributed by atoms with Gasteiger partial charge in [-0.3, -0.25) is 4.79 Å². The van der Waals surface area contributed by atoms with Crippen LogP contribution in [0.25, 0.3) is 0 Å². The van der Waals surface area contributed by atoms with Crippen LogP contribution in [-0.4, -0.2) is 19.6 Å². The highest BCUT2D eigenvalue weighted by atomic mass is 16.5. The van der Waals surface area contributed by atoms with Crippen molar-refractivity contribution < 1.29 is 9.53 Å². The predicted molar refractivity (Wildman–Crippen MR) is 67.8 cm³/mol. The van der Waals surface area contributed by atoms with Crippen LogP contribution in [0.3, 0.4) is 0 Å². The highest BCUT2D eigenvalue weighted by molar-refractivity contribution is 5.76.